The predicted molar refractivity (Wildman–Crippen MR) is 110 cm³/mol. The Bertz CT molecular complexity index is 1050. The van der Waals surface area contributed by atoms with Crippen LogP contribution in [0.15, 0.2) is 54.1 Å². The number of para-hydroxylation sites is 1. The van der Waals surface area contributed by atoms with Gasteiger partial charge >= 0.3 is 5.97 Å². The Morgan fingerprint density at radius 3 is 2.81 bits per heavy atom. The molecule has 1 N–H and O–H groups in total. The van der Waals surface area contributed by atoms with Crippen LogP contribution in [-0.4, -0.2) is 54.2 Å². The van der Waals surface area contributed by atoms with E-state index < -0.39 is 18.2 Å². The zero-order chi connectivity index (χ0) is 20.9. The molecule has 6 rings (SSSR count). The van der Waals surface area contributed by atoms with Crippen LogP contribution in [0.2, 0.25) is 0 Å². The number of hydrogen-bond donors (Lipinski definition) is 1. The van der Waals surface area contributed by atoms with Crippen molar-refractivity contribution in [1.29, 1.82) is 0 Å². The molecule has 4 atom stereocenters. The fraction of sp³-hybridized carbons (Fsp3) is 0.375. The second kappa shape index (κ2) is 7.28. The van der Waals surface area contributed by atoms with Crippen LogP contribution in [0, 0.1) is 0 Å². The molecule has 1 aliphatic carbocycles. The first-order chi connectivity index (χ1) is 15.2. The zero-order valence-corrected chi connectivity index (χ0v) is 16.9. The van der Waals surface area contributed by atoms with Gasteiger partial charge in [-0.2, -0.15) is 0 Å². The molecule has 3 heterocycles. The van der Waals surface area contributed by atoms with Gasteiger partial charge in [0.05, 0.1) is 0 Å². The highest BCUT2D eigenvalue weighted by Crippen LogP contribution is 2.50. The number of benzene rings is 2. The number of ether oxygens (including phenoxy) is 4. The number of aliphatic hydroxyl groups is 1. The summed E-state index contributed by atoms with van der Waals surface area (Å²) >= 11 is 0. The zero-order valence-electron chi connectivity index (χ0n) is 16.9. The van der Waals surface area contributed by atoms with E-state index in [2.05, 4.69) is 4.90 Å². The quantitative estimate of drug-likeness (QED) is 0.600. The lowest BCUT2D eigenvalue weighted by Crippen LogP contribution is -2.51. The van der Waals surface area contributed by atoms with E-state index in [9.17, 15) is 9.90 Å². The summed E-state index contributed by atoms with van der Waals surface area (Å²) < 4.78 is 22.6. The van der Waals surface area contributed by atoms with Gasteiger partial charge in [-0.25, -0.2) is 4.79 Å². The molecule has 0 spiro atoms. The van der Waals surface area contributed by atoms with Crippen molar-refractivity contribution in [3.05, 3.63) is 65.2 Å². The van der Waals surface area contributed by atoms with Crippen LogP contribution in [0.1, 0.15) is 23.5 Å². The highest BCUT2D eigenvalue weighted by molar-refractivity contribution is 5.71. The molecule has 31 heavy (non-hydrogen) atoms. The second-order valence-electron chi connectivity index (χ2n) is 8.38. The first-order valence-electron chi connectivity index (χ1n) is 10.6. The summed E-state index contributed by atoms with van der Waals surface area (Å²) in [7, 11) is 0. The van der Waals surface area contributed by atoms with Crippen molar-refractivity contribution in [3.8, 4) is 17.2 Å². The highest BCUT2D eigenvalue weighted by atomic mass is 16.7. The monoisotopic (exact) mass is 421 g/mol. The number of hydrogen-bond acceptors (Lipinski definition) is 7. The molecule has 0 aromatic heterocycles. The summed E-state index contributed by atoms with van der Waals surface area (Å²) in [6.45, 7) is 1.72. The van der Waals surface area contributed by atoms with Gasteiger partial charge in [-0.15, -0.1) is 0 Å². The van der Waals surface area contributed by atoms with E-state index >= 15 is 0 Å². The van der Waals surface area contributed by atoms with Crippen LogP contribution in [0.25, 0.3) is 0 Å². The summed E-state index contributed by atoms with van der Waals surface area (Å²) in [4.78, 5) is 15.0. The third-order valence-corrected chi connectivity index (χ3v) is 6.61. The van der Waals surface area contributed by atoms with E-state index in [1.165, 1.54) is 5.57 Å². The molecular weight excluding hydrogens is 398 g/mol. The fourth-order valence-electron chi connectivity index (χ4n) is 5.32. The van der Waals surface area contributed by atoms with Gasteiger partial charge in [-0.3, -0.25) is 4.90 Å². The molecule has 3 aliphatic heterocycles. The Morgan fingerprint density at radius 2 is 1.97 bits per heavy atom. The summed E-state index contributed by atoms with van der Waals surface area (Å²) in [5, 5.41) is 10.9. The molecule has 0 saturated carbocycles. The highest BCUT2D eigenvalue weighted by Gasteiger charge is 2.50. The molecule has 2 aromatic carbocycles. The molecule has 1 saturated heterocycles. The van der Waals surface area contributed by atoms with Gasteiger partial charge in [0, 0.05) is 25.0 Å². The molecule has 0 bridgehead atoms. The van der Waals surface area contributed by atoms with Crippen molar-refractivity contribution in [1.82, 2.24) is 4.90 Å². The van der Waals surface area contributed by atoms with Crippen molar-refractivity contribution in [3.63, 3.8) is 0 Å². The van der Waals surface area contributed by atoms with Crippen LogP contribution in [0.4, 0.5) is 0 Å². The molecule has 0 radical (unpaired) electrons. The molecule has 1 fully saturated rings. The Labute approximate surface area is 179 Å². The van der Waals surface area contributed by atoms with E-state index in [0.717, 1.165) is 36.4 Å². The smallest absolute Gasteiger partial charge is 0.344 e. The molecule has 0 amide bonds. The molecule has 2 aromatic rings. The predicted octanol–water partition coefficient (Wildman–Crippen LogP) is 2.38. The van der Waals surface area contributed by atoms with Gasteiger partial charge in [0.2, 0.25) is 6.79 Å². The van der Waals surface area contributed by atoms with Crippen LogP contribution < -0.4 is 14.2 Å². The normalized spacial score (nSPS) is 27.8. The minimum atomic E-state index is -0.867. The molecule has 7 nitrogen and oxygen atoms in total. The third-order valence-electron chi connectivity index (χ3n) is 6.61. The SMILES string of the molecule is O=C(COc1ccccc1)OC1C(O)C=C2CCN3Cc4cc5c(cc4C1C23)OCO5. The Hall–Kier alpha value is -3.03. The molecule has 7 heteroatoms. The van der Waals surface area contributed by atoms with Crippen molar-refractivity contribution in [2.24, 2.45) is 0 Å². The van der Waals surface area contributed by atoms with Crippen LogP contribution >= 0.6 is 0 Å². The number of rotatable bonds is 4. The Balaban J connectivity index is 1.30. The minimum Gasteiger partial charge on any atom is -0.482 e. The van der Waals surface area contributed by atoms with Crippen LogP contribution in [0.5, 0.6) is 17.2 Å². The molecule has 4 unspecified atom stereocenters. The number of fused-ring (bicyclic) bond motifs is 3. The van der Waals surface area contributed by atoms with E-state index in [1.807, 2.05) is 36.4 Å². The van der Waals surface area contributed by atoms with E-state index in [1.54, 1.807) is 12.1 Å². The van der Waals surface area contributed by atoms with Crippen molar-refractivity contribution >= 4 is 5.97 Å². The summed E-state index contributed by atoms with van der Waals surface area (Å²) in [5.41, 5.74) is 3.40. The van der Waals surface area contributed by atoms with E-state index in [-0.39, 0.29) is 25.4 Å². The lowest BCUT2D eigenvalue weighted by atomic mass is 9.73. The average Bonchev–Trinajstić information content (AvgIpc) is 3.40. The number of esters is 1. The van der Waals surface area contributed by atoms with E-state index in [0.29, 0.717) is 11.5 Å². The second-order valence-corrected chi connectivity index (χ2v) is 8.38. The van der Waals surface area contributed by atoms with Crippen LogP contribution in [0.3, 0.4) is 0 Å². The largest absolute Gasteiger partial charge is 0.482 e. The fourth-order valence-corrected chi connectivity index (χ4v) is 5.32. The number of carbonyl (C=O) groups excluding carboxylic acids is 1. The molecule has 4 aliphatic rings. The topological polar surface area (TPSA) is 77.5 Å². The lowest BCUT2D eigenvalue weighted by molar-refractivity contribution is -0.159. The van der Waals surface area contributed by atoms with Gasteiger partial charge in [0.1, 0.15) is 18.0 Å². The summed E-state index contributed by atoms with van der Waals surface area (Å²) in [5.74, 6) is 1.38. The molecule has 160 valence electrons. The van der Waals surface area contributed by atoms with Crippen molar-refractivity contribution in [2.45, 2.75) is 37.1 Å². The maximum Gasteiger partial charge on any atom is 0.344 e. The van der Waals surface area contributed by atoms with Gasteiger partial charge in [0.15, 0.2) is 18.1 Å². The summed E-state index contributed by atoms with van der Waals surface area (Å²) in [6.07, 6.45) is 1.22. The minimum absolute atomic E-state index is 0.115. The van der Waals surface area contributed by atoms with Crippen molar-refractivity contribution < 1.29 is 28.8 Å². The first kappa shape index (κ1) is 18.7. The van der Waals surface area contributed by atoms with Gasteiger partial charge < -0.3 is 24.1 Å². The Kier molecular flexibility index (Phi) is 4.40. The first-order valence-corrected chi connectivity index (χ1v) is 10.6. The van der Waals surface area contributed by atoms with Gasteiger partial charge in [-0.1, -0.05) is 29.8 Å². The standard InChI is InChI=1S/C24H23NO6/c26-18-8-14-6-7-25-11-15-9-19-20(30-13-29-19)10-17(15)22(23(14)25)24(18)31-21(27)12-28-16-4-2-1-3-5-16/h1-5,8-10,18,22-24,26H,6-7,11-13H2. The van der Waals surface area contributed by atoms with Crippen LogP contribution in [-0.2, 0) is 16.1 Å². The summed E-state index contributed by atoms with van der Waals surface area (Å²) in [6, 6.07) is 13.3. The maximum atomic E-state index is 12.6. The molecular formula is C24H23NO6. The van der Waals surface area contributed by atoms with Gasteiger partial charge in [-0.05, 0) is 41.8 Å². The third kappa shape index (κ3) is 3.16. The average molecular weight is 421 g/mol. The van der Waals surface area contributed by atoms with Crippen molar-refractivity contribution in [2.75, 3.05) is 19.9 Å². The number of carbonyl (C=O) groups is 1. The maximum absolute atomic E-state index is 12.6. The number of aliphatic hydroxyl groups excluding tert-OH is 1. The van der Waals surface area contributed by atoms with E-state index in [4.69, 9.17) is 18.9 Å². The Morgan fingerprint density at radius 1 is 1.16 bits per heavy atom. The lowest BCUT2D eigenvalue weighted by Gasteiger charge is -2.45. The number of nitrogens with zero attached hydrogens (tertiary/aromatic N) is 1. The van der Waals surface area contributed by atoms with Gasteiger partial charge in [0.25, 0.3) is 0 Å².